The molecule has 2 amide bonds. The zero-order chi connectivity index (χ0) is 21.6. The Morgan fingerprint density at radius 2 is 1.83 bits per heavy atom. The van der Waals surface area contributed by atoms with Crippen molar-refractivity contribution in [2.45, 2.75) is 32.4 Å². The number of carbonyl (C=O) groups excluding carboxylic acids is 2. The van der Waals surface area contributed by atoms with Gasteiger partial charge in [-0.25, -0.2) is 9.37 Å². The van der Waals surface area contributed by atoms with Crippen LogP contribution in [0, 0.1) is 11.7 Å². The van der Waals surface area contributed by atoms with Gasteiger partial charge in [-0.3, -0.25) is 14.5 Å². The van der Waals surface area contributed by atoms with Gasteiger partial charge in [0, 0.05) is 12.7 Å². The van der Waals surface area contributed by atoms with E-state index >= 15 is 0 Å². The summed E-state index contributed by atoms with van der Waals surface area (Å²) in [6.45, 7) is 4.30. The van der Waals surface area contributed by atoms with Gasteiger partial charge in [0.2, 0.25) is 11.8 Å². The van der Waals surface area contributed by atoms with E-state index in [9.17, 15) is 14.0 Å². The molecule has 156 valence electrons. The molecule has 2 rings (SSSR count). The van der Waals surface area contributed by atoms with Crippen LogP contribution in [0.1, 0.15) is 25.0 Å². The number of anilines is 1. The summed E-state index contributed by atoms with van der Waals surface area (Å²) in [6.07, 6.45) is 1.81. The molecule has 0 aliphatic heterocycles. The monoisotopic (exact) mass is 401 g/mol. The highest BCUT2D eigenvalue weighted by atomic mass is 19.1. The molecule has 8 heteroatoms. The Balaban J connectivity index is 2.31. The quantitative estimate of drug-likeness (QED) is 0.589. The number of nitrogen functional groups attached to an aromatic ring is 1. The zero-order valence-electron chi connectivity index (χ0n) is 17.0. The van der Waals surface area contributed by atoms with Crippen molar-refractivity contribution in [3.05, 3.63) is 59.5 Å². The number of carbonyl (C=O) groups is 2. The Morgan fingerprint density at radius 3 is 2.34 bits per heavy atom. The number of nitrogens with zero attached hydrogens (tertiary/aromatic N) is 2. The predicted molar refractivity (Wildman–Crippen MR) is 110 cm³/mol. The van der Waals surface area contributed by atoms with Gasteiger partial charge in [0.05, 0.1) is 5.92 Å². The lowest BCUT2D eigenvalue weighted by atomic mass is 9.78. The molecule has 0 spiro atoms. The highest BCUT2D eigenvalue weighted by Crippen LogP contribution is 2.28. The van der Waals surface area contributed by atoms with Crippen LogP contribution in [0.4, 0.5) is 10.2 Å². The molecule has 0 saturated heterocycles. The van der Waals surface area contributed by atoms with Crippen LogP contribution in [0.15, 0.2) is 42.6 Å². The second kappa shape index (κ2) is 9.47. The molecule has 2 atom stereocenters. The van der Waals surface area contributed by atoms with Crippen molar-refractivity contribution in [3.63, 3.8) is 0 Å². The normalized spacial score (nSPS) is 14.2. The molecule has 2 aromatic rings. The first-order valence-electron chi connectivity index (χ1n) is 9.42. The van der Waals surface area contributed by atoms with Crippen LogP contribution in [-0.2, 0) is 22.6 Å². The number of amides is 2. The summed E-state index contributed by atoms with van der Waals surface area (Å²) in [5.74, 6) is -1.68. The molecule has 7 nitrogen and oxygen atoms in total. The Labute approximate surface area is 170 Å². The van der Waals surface area contributed by atoms with E-state index in [2.05, 4.69) is 10.3 Å². The molecule has 1 aromatic carbocycles. The number of rotatable bonds is 9. The largest absolute Gasteiger partial charge is 0.384 e. The third-order valence-electron chi connectivity index (χ3n) is 5.43. The van der Waals surface area contributed by atoms with Crippen molar-refractivity contribution in [2.75, 3.05) is 19.3 Å². The lowest BCUT2D eigenvalue weighted by molar-refractivity contribution is -0.141. The van der Waals surface area contributed by atoms with Crippen LogP contribution in [0.25, 0.3) is 0 Å². The lowest BCUT2D eigenvalue weighted by Crippen LogP contribution is -2.62. The van der Waals surface area contributed by atoms with Gasteiger partial charge in [-0.2, -0.15) is 0 Å². The molecule has 0 bridgehead atoms. The van der Waals surface area contributed by atoms with Gasteiger partial charge in [0.1, 0.15) is 17.2 Å². The first-order valence-corrected chi connectivity index (χ1v) is 9.42. The molecule has 1 unspecified atom stereocenters. The van der Waals surface area contributed by atoms with Gasteiger partial charge in [-0.1, -0.05) is 25.1 Å². The summed E-state index contributed by atoms with van der Waals surface area (Å²) in [4.78, 5) is 31.4. The topological polar surface area (TPSA) is 114 Å². The predicted octanol–water partition coefficient (Wildman–Crippen LogP) is 1.47. The third-order valence-corrected chi connectivity index (χ3v) is 5.43. The summed E-state index contributed by atoms with van der Waals surface area (Å²) in [7, 11) is 1.75. The maximum Gasteiger partial charge on any atom is 0.238 e. The smallest absolute Gasteiger partial charge is 0.238 e. The maximum absolute atomic E-state index is 13.3. The van der Waals surface area contributed by atoms with Gasteiger partial charge in [0.25, 0.3) is 0 Å². The molecule has 29 heavy (non-hydrogen) atoms. The maximum atomic E-state index is 13.3. The SMILES string of the molecule is CCN(C)C(C)(C(N)=O)[C@H](Cc1ccc(F)cc1)C(=O)NCc1ccc(N)nc1. The molecule has 0 aliphatic rings. The van der Waals surface area contributed by atoms with Crippen LogP contribution in [-0.4, -0.2) is 40.8 Å². The number of nitrogens with two attached hydrogens (primary N) is 2. The minimum absolute atomic E-state index is 0.232. The Morgan fingerprint density at radius 1 is 1.21 bits per heavy atom. The molecule has 0 fully saturated rings. The second-order valence-corrected chi connectivity index (χ2v) is 7.22. The van der Waals surface area contributed by atoms with Crippen LogP contribution < -0.4 is 16.8 Å². The van der Waals surface area contributed by atoms with E-state index in [0.29, 0.717) is 12.4 Å². The Kier molecular flexibility index (Phi) is 7.28. The summed E-state index contributed by atoms with van der Waals surface area (Å²) in [6, 6.07) is 9.28. The number of benzene rings is 1. The lowest BCUT2D eigenvalue weighted by Gasteiger charge is -2.41. The van der Waals surface area contributed by atoms with Crippen LogP contribution in [0.2, 0.25) is 0 Å². The van der Waals surface area contributed by atoms with E-state index in [1.807, 2.05) is 6.92 Å². The Bertz CT molecular complexity index is 841. The summed E-state index contributed by atoms with van der Waals surface area (Å²) in [5.41, 5.74) is 11.6. The van der Waals surface area contributed by atoms with Crippen molar-refractivity contribution in [3.8, 4) is 0 Å². The van der Waals surface area contributed by atoms with E-state index in [1.165, 1.54) is 12.1 Å². The van der Waals surface area contributed by atoms with Crippen molar-refractivity contribution in [1.82, 2.24) is 15.2 Å². The van der Waals surface area contributed by atoms with Crippen molar-refractivity contribution in [1.29, 1.82) is 0 Å². The second-order valence-electron chi connectivity index (χ2n) is 7.22. The first-order chi connectivity index (χ1) is 13.7. The van der Waals surface area contributed by atoms with Gasteiger partial charge >= 0.3 is 0 Å². The molecular formula is C21H28FN5O2. The van der Waals surface area contributed by atoms with E-state index < -0.39 is 17.4 Å². The molecule has 0 aliphatic carbocycles. The molecule has 1 heterocycles. The number of hydrogen-bond acceptors (Lipinski definition) is 5. The van der Waals surface area contributed by atoms with Crippen LogP contribution in [0.5, 0.6) is 0 Å². The summed E-state index contributed by atoms with van der Waals surface area (Å²) < 4.78 is 13.3. The van der Waals surface area contributed by atoms with E-state index in [-0.39, 0.29) is 24.7 Å². The number of pyridine rings is 1. The number of halogens is 1. The Hall–Kier alpha value is -3.00. The number of hydrogen-bond donors (Lipinski definition) is 3. The molecule has 0 radical (unpaired) electrons. The fourth-order valence-corrected chi connectivity index (χ4v) is 3.21. The van der Waals surface area contributed by atoms with Gasteiger partial charge < -0.3 is 16.8 Å². The van der Waals surface area contributed by atoms with Gasteiger partial charge in [-0.05, 0) is 56.3 Å². The molecule has 1 aromatic heterocycles. The van der Waals surface area contributed by atoms with Crippen molar-refractivity contribution >= 4 is 17.6 Å². The first kappa shape index (κ1) is 22.3. The van der Waals surface area contributed by atoms with E-state index in [0.717, 1.165) is 11.1 Å². The van der Waals surface area contributed by atoms with Gasteiger partial charge in [-0.15, -0.1) is 0 Å². The third kappa shape index (κ3) is 5.29. The van der Waals surface area contributed by atoms with Crippen LogP contribution in [0.3, 0.4) is 0 Å². The standard InChI is InChI=1S/C21H28FN5O2/c1-4-27(3)21(2,20(24)29)17(11-14-5-8-16(22)9-6-14)19(28)26-13-15-7-10-18(23)25-12-15/h5-10,12,17H,4,11,13H2,1-3H3,(H2,23,25)(H2,24,29)(H,26,28)/t17-,21?/m1/s1. The minimum Gasteiger partial charge on any atom is -0.384 e. The fraction of sp³-hybridized carbons (Fsp3) is 0.381. The average molecular weight is 401 g/mol. The molecule has 0 saturated carbocycles. The van der Waals surface area contributed by atoms with Crippen LogP contribution >= 0.6 is 0 Å². The van der Waals surface area contributed by atoms with Crippen molar-refractivity contribution < 1.29 is 14.0 Å². The summed E-state index contributed by atoms with van der Waals surface area (Å²) >= 11 is 0. The van der Waals surface area contributed by atoms with E-state index in [1.54, 1.807) is 49.3 Å². The number of primary amides is 1. The molecular weight excluding hydrogens is 373 g/mol. The number of nitrogens with one attached hydrogen (secondary N) is 1. The van der Waals surface area contributed by atoms with Crippen molar-refractivity contribution in [2.24, 2.45) is 11.7 Å². The summed E-state index contributed by atoms with van der Waals surface area (Å²) in [5, 5.41) is 2.86. The molecule has 5 N–H and O–H groups in total. The van der Waals surface area contributed by atoms with E-state index in [4.69, 9.17) is 11.5 Å². The highest BCUT2D eigenvalue weighted by Gasteiger charge is 2.46. The zero-order valence-corrected chi connectivity index (χ0v) is 17.0. The number of likely N-dealkylation sites (N-methyl/N-ethyl adjacent to an activating group) is 1. The minimum atomic E-state index is -1.23. The number of aromatic nitrogens is 1. The van der Waals surface area contributed by atoms with Gasteiger partial charge in [0.15, 0.2) is 0 Å². The highest BCUT2D eigenvalue weighted by molar-refractivity contribution is 5.92. The fourth-order valence-electron chi connectivity index (χ4n) is 3.21. The average Bonchev–Trinajstić information content (AvgIpc) is 2.71.